The van der Waals surface area contributed by atoms with Gasteiger partial charge in [0, 0.05) is 27.5 Å². The summed E-state index contributed by atoms with van der Waals surface area (Å²) in [5, 5.41) is -1.41. The highest BCUT2D eigenvalue weighted by Crippen LogP contribution is 2.38. The van der Waals surface area contributed by atoms with E-state index in [2.05, 4.69) is 15.0 Å². The van der Waals surface area contributed by atoms with Gasteiger partial charge in [0.2, 0.25) is 0 Å². The largest absolute Gasteiger partial charge is 0.456 e. The van der Waals surface area contributed by atoms with E-state index in [0.29, 0.717) is 5.56 Å². The summed E-state index contributed by atoms with van der Waals surface area (Å²) in [4.78, 5) is 13.7. The Morgan fingerprint density at radius 3 is 1.85 bits per heavy atom. The van der Waals surface area contributed by atoms with Crippen molar-refractivity contribution < 1.29 is 29.1 Å². The number of nitrogens with zero attached hydrogens (tertiary/aromatic N) is 3. The van der Waals surface area contributed by atoms with Crippen LogP contribution in [-0.4, -0.2) is 15.0 Å². The minimum absolute atomic E-state index is 0.149. The van der Waals surface area contributed by atoms with Gasteiger partial charge < -0.3 is 4.42 Å². The van der Waals surface area contributed by atoms with Crippen LogP contribution in [0.3, 0.4) is 0 Å². The molecule has 0 bridgehead atoms. The van der Waals surface area contributed by atoms with Crippen LogP contribution in [0.1, 0.15) is 24.7 Å². The number of fused-ring (bicyclic) bond motifs is 4. The molecule has 0 fully saturated rings. The monoisotopic (exact) mass is 543 g/mol. The van der Waals surface area contributed by atoms with Crippen LogP contribution in [0.4, 0.5) is 0 Å². The summed E-state index contributed by atoms with van der Waals surface area (Å²) in [5.41, 5.74) is -2.39. The van der Waals surface area contributed by atoms with Gasteiger partial charge in [-0.25, -0.2) is 15.0 Å². The van der Waals surface area contributed by atoms with Crippen molar-refractivity contribution in [2.24, 2.45) is 0 Å². The molecular weight excluding hydrogens is 502 g/mol. The van der Waals surface area contributed by atoms with Crippen molar-refractivity contribution in [3.05, 3.63) is 139 Å². The zero-order chi connectivity index (χ0) is 42.8. The molecule has 41 heavy (non-hydrogen) atoms. The number of hydrogen-bond donors (Lipinski definition) is 0. The average molecular weight is 544 g/mol. The molecule has 0 spiro atoms. The molecule has 0 saturated heterocycles. The molecule has 4 heteroatoms. The van der Waals surface area contributed by atoms with Gasteiger partial charge in [0.15, 0.2) is 17.5 Å². The minimum atomic E-state index is -0.825. The predicted octanol–water partition coefficient (Wildman–Crippen LogP) is 9.59. The summed E-state index contributed by atoms with van der Waals surface area (Å²) in [6, 6.07) is -4.92. The summed E-state index contributed by atoms with van der Waals surface area (Å²) >= 11 is 0. The summed E-state index contributed by atoms with van der Waals surface area (Å²) in [6.07, 6.45) is 0. The van der Waals surface area contributed by atoms with Gasteiger partial charge in [-0.2, -0.15) is 0 Å². The Morgan fingerprint density at radius 2 is 1.02 bits per heavy atom. The van der Waals surface area contributed by atoms with E-state index in [0.717, 1.165) is 0 Å². The van der Waals surface area contributed by atoms with Gasteiger partial charge in [-0.15, -0.1) is 0 Å². The second-order valence-electron chi connectivity index (χ2n) is 8.68. The summed E-state index contributed by atoms with van der Waals surface area (Å²) < 4.78 is 162. The molecule has 0 atom stereocenters. The maximum absolute atomic E-state index is 9.15. The number of rotatable bonds is 4. The van der Waals surface area contributed by atoms with Crippen molar-refractivity contribution in [3.63, 3.8) is 0 Å². The first-order valence-corrected chi connectivity index (χ1v) is 12.2. The molecule has 8 aromatic rings. The molecule has 8 rings (SSSR count). The molecule has 0 amide bonds. The molecule has 0 unspecified atom stereocenters. The second kappa shape index (κ2) is 9.54. The van der Waals surface area contributed by atoms with E-state index in [1.165, 1.54) is 0 Å². The second-order valence-corrected chi connectivity index (χ2v) is 8.68. The first-order chi connectivity index (χ1) is 27.8. The van der Waals surface area contributed by atoms with Crippen molar-refractivity contribution in [2.45, 2.75) is 0 Å². The molecule has 6 aromatic carbocycles. The molecular formula is C37H23N3O. The quantitative estimate of drug-likeness (QED) is 0.222. The molecule has 0 aliphatic carbocycles. The highest BCUT2D eigenvalue weighted by Gasteiger charge is 2.18. The van der Waals surface area contributed by atoms with Crippen LogP contribution < -0.4 is 0 Å². The summed E-state index contributed by atoms with van der Waals surface area (Å²) in [7, 11) is 0. The van der Waals surface area contributed by atoms with Crippen molar-refractivity contribution >= 4 is 32.7 Å². The lowest BCUT2D eigenvalue weighted by atomic mass is 9.95. The van der Waals surface area contributed by atoms with Crippen LogP contribution in [0.25, 0.3) is 78.0 Å². The normalized spacial score (nSPS) is 17.6. The SMILES string of the molecule is [2H]c1c([2H])c([2H])c(-c2c([2H])c([2H])c([2H])c3c(-c4nc(-c5ccccc5)nc(-c5c([2H])c([2H])c([2H])c6oc7c([2H])c([2H])c([2H])c([2H])c7c56)n4)c([2H])c([2H])c([2H])c23)c([2H])c1[2H]. The fourth-order valence-corrected chi connectivity index (χ4v) is 4.51. The number of furan rings is 1. The Kier molecular flexibility index (Phi) is 2.67. The maximum atomic E-state index is 9.15. The zero-order valence-corrected chi connectivity index (χ0v) is 20.6. The third-order valence-corrected chi connectivity index (χ3v) is 6.31. The predicted molar refractivity (Wildman–Crippen MR) is 166 cm³/mol. The first kappa shape index (κ1) is 11.5. The molecule has 4 nitrogen and oxygen atoms in total. The van der Waals surface area contributed by atoms with Crippen LogP contribution in [-0.2, 0) is 0 Å². The number of benzene rings is 6. The van der Waals surface area contributed by atoms with Crippen LogP contribution in [0.2, 0.25) is 0 Å². The number of hydrogen-bond acceptors (Lipinski definition) is 4. The Labute approximate surface area is 261 Å². The third kappa shape index (κ3) is 3.97. The molecule has 192 valence electrons. The number of aromatic nitrogens is 3. The molecule has 0 aliphatic heterocycles. The highest BCUT2D eigenvalue weighted by molar-refractivity contribution is 6.12. The van der Waals surface area contributed by atoms with E-state index in [1.807, 2.05) is 0 Å². The van der Waals surface area contributed by atoms with Gasteiger partial charge in [0.05, 0.1) is 24.7 Å². The van der Waals surface area contributed by atoms with Crippen molar-refractivity contribution in [3.8, 4) is 45.3 Å². The lowest BCUT2D eigenvalue weighted by Crippen LogP contribution is -2.01. The highest BCUT2D eigenvalue weighted by atomic mass is 16.3. The molecule has 0 aliphatic rings. The molecule has 0 radical (unpaired) electrons. The molecule has 2 heterocycles. The van der Waals surface area contributed by atoms with Crippen molar-refractivity contribution in [2.75, 3.05) is 0 Å². The fraction of sp³-hybridized carbons (Fsp3) is 0. The van der Waals surface area contributed by atoms with Crippen LogP contribution in [0, 0.1) is 0 Å². The van der Waals surface area contributed by atoms with Crippen LogP contribution >= 0.6 is 0 Å². The van der Waals surface area contributed by atoms with E-state index in [-0.39, 0.29) is 33.3 Å². The first-order valence-electron chi connectivity index (χ1n) is 21.2. The Balaban J connectivity index is 1.59. The van der Waals surface area contributed by atoms with E-state index >= 15 is 0 Å². The van der Waals surface area contributed by atoms with Crippen molar-refractivity contribution in [1.29, 1.82) is 0 Å². The fourth-order valence-electron chi connectivity index (χ4n) is 4.51. The minimum Gasteiger partial charge on any atom is -0.456 e. The average Bonchev–Trinajstić information content (AvgIpc) is 3.63. The van der Waals surface area contributed by atoms with Crippen LogP contribution in [0.15, 0.2) is 144 Å². The third-order valence-electron chi connectivity index (χ3n) is 6.31. The van der Waals surface area contributed by atoms with E-state index < -0.39 is 148 Å². The van der Waals surface area contributed by atoms with Gasteiger partial charge in [0.1, 0.15) is 11.2 Å². The van der Waals surface area contributed by atoms with Gasteiger partial charge in [0.25, 0.3) is 0 Å². The molecule has 0 saturated carbocycles. The zero-order valence-electron chi connectivity index (χ0n) is 38.6. The van der Waals surface area contributed by atoms with E-state index in [9.17, 15) is 0 Å². The van der Waals surface area contributed by atoms with E-state index in [1.54, 1.807) is 30.3 Å². The molecule has 0 N–H and O–H groups in total. The van der Waals surface area contributed by atoms with Gasteiger partial charge in [-0.1, -0.05) is 127 Å². The standard InChI is InChI=1S/C37H23N3O/c1-3-12-24(13-4-1)26-17-9-19-28-27(26)18-10-20-29(28)36-38-35(25-14-5-2-6-15-25)39-37(40-36)31-21-11-23-33-34(31)30-16-7-8-22-32(30)41-33/h1-23H/i1D,3D,4D,7D,8D,9D,10D,11D,12D,13D,16D,17D,18D,19D,20D,21D,22D,23D. The Hall–Kier alpha value is -5.61. The van der Waals surface area contributed by atoms with Gasteiger partial charge >= 0.3 is 0 Å². The van der Waals surface area contributed by atoms with Crippen LogP contribution in [0.5, 0.6) is 0 Å². The molecule has 2 aromatic heterocycles. The van der Waals surface area contributed by atoms with E-state index in [4.69, 9.17) is 29.1 Å². The van der Waals surface area contributed by atoms with Gasteiger partial charge in [-0.3, -0.25) is 0 Å². The topological polar surface area (TPSA) is 51.8 Å². The number of para-hydroxylation sites is 1. The lowest BCUT2D eigenvalue weighted by Gasteiger charge is -2.12. The Bertz CT molecular complexity index is 3180. The lowest BCUT2D eigenvalue weighted by molar-refractivity contribution is 0.669. The summed E-state index contributed by atoms with van der Waals surface area (Å²) in [5.74, 6) is -1.09. The van der Waals surface area contributed by atoms with Gasteiger partial charge in [-0.05, 0) is 34.0 Å². The Morgan fingerprint density at radius 1 is 0.439 bits per heavy atom. The smallest absolute Gasteiger partial charge is 0.164 e. The summed E-state index contributed by atoms with van der Waals surface area (Å²) in [6.45, 7) is 0. The van der Waals surface area contributed by atoms with Crippen molar-refractivity contribution in [1.82, 2.24) is 15.0 Å². The maximum Gasteiger partial charge on any atom is 0.164 e.